The first-order valence-corrected chi connectivity index (χ1v) is 7.93. The summed E-state index contributed by atoms with van der Waals surface area (Å²) in [6.45, 7) is 7.06. The number of hydrogen-bond acceptors (Lipinski definition) is 4. The Hall–Kier alpha value is -0.160. The van der Waals surface area contributed by atoms with Crippen LogP contribution in [0.3, 0.4) is 0 Å². The Kier molecular flexibility index (Phi) is 6.57. The first-order valence-electron chi connectivity index (χ1n) is 7.93. The van der Waals surface area contributed by atoms with Gasteiger partial charge >= 0.3 is 0 Å². The summed E-state index contributed by atoms with van der Waals surface area (Å²) in [6, 6.07) is 0.742. The van der Waals surface area contributed by atoms with E-state index in [0.29, 0.717) is 12.2 Å². The minimum Gasteiger partial charge on any atom is -0.379 e. The summed E-state index contributed by atoms with van der Waals surface area (Å²) in [4.78, 5) is 2.46. The van der Waals surface area contributed by atoms with E-state index in [1.54, 1.807) is 0 Å². The molecule has 3 atom stereocenters. The Morgan fingerprint density at radius 2 is 2.11 bits per heavy atom. The second kappa shape index (κ2) is 8.20. The van der Waals surface area contributed by atoms with Crippen LogP contribution in [0, 0.1) is 0 Å². The molecule has 0 amide bonds. The number of hydrogen-bond donors (Lipinski definition) is 1. The van der Waals surface area contributed by atoms with Crippen LogP contribution >= 0.6 is 0 Å². The van der Waals surface area contributed by atoms with Crippen molar-refractivity contribution >= 4 is 0 Å². The number of likely N-dealkylation sites (tertiary alicyclic amines) is 1. The first kappa shape index (κ1) is 15.2. The molecule has 2 saturated heterocycles. The van der Waals surface area contributed by atoms with Gasteiger partial charge in [0.25, 0.3) is 0 Å². The predicted molar refractivity (Wildman–Crippen MR) is 77.5 cm³/mol. The van der Waals surface area contributed by atoms with Crippen molar-refractivity contribution in [2.45, 2.75) is 57.3 Å². The molecule has 0 bridgehead atoms. The summed E-state index contributed by atoms with van der Waals surface area (Å²) >= 11 is 0. The maximum atomic E-state index is 5.96. The van der Waals surface area contributed by atoms with Crippen molar-refractivity contribution in [2.75, 3.05) is 39.9 Å². The summed E-state index contributed by atoms with van der Waals surface area (Å²) in [7, 11) is 2.23. The largest absolute Gasteiger partial charge is 0.379 e. The predicted octanol–water partition coefficient (Wildman–Crippen LogP) is 1.64. The maximum absolute atomic E-state index is 5.96. The zero-order valence-electron chi connectivity index (χ0n) is 12.6. The molecule has 0 aromatic heterocycles. The van der Waals surface area contributed by atoms with Gasteiger partial charge < -0.3 is 19.7 Å². The number of likely N-dealkylation sites (N-methyl/N-ethyl adjacent to an activating group) is 1. The van der Waals surface area contributed by atoms with Crippen LogP contribution in [0.1, 0.15) is 39.0 Å². The summed E-state index contributed by atoms with van der Waals surface area (Å²) < 4.78 is 11.8. The van der Waals surface area contributed by atoms with Crippen molar-refractivity contribution in [1.82, 2.24) is 10.2 Å². The third-order valence-corrected chi connectivity index (χ3v) is 4.39. The van der Waals surface area contributed by atoms with Gasteiger partial charge in [0.1, 0.15) is 0 Å². The molecule has 0 aromatic rings. The quantitative estimate of drug-likeness (QED) is 0.680. The lowest BCUT2D eigenvalue weighted by atomic mass is 10.1. The molecule has 0 aromatic carbocycles. The normalized spacial score (nSPS) is 32.2. The summed E-state index contributed by atoms with van der Waals surface area (Å²) in [5.41, 5.74) is 0. The van der Waals surface area contributed by atoms with E-state index in [2.05, 4.69) is 24.2 Å². The molecule has 4 nitrogen and oxygen atoms in total. The molecule has 19 heavy (non-hydrogen) atoms. The zero-order valence-corrected chi connectivity index (χ0v) is 12.6. The molecule has 2 rings (SSSR count). The Bertz CT molecular complexity index is 250. The molecule has 2 aliphatic heterocycles. The summed E-state index contributed by atoms with van der Waals surface area (Å²) in [5.74, 6) is 0. The monoisotopic (exact) mass is 270 g/mol. The third kappa shape index (κ3) is 5.03. The highest BCUT2D eigenvalue weighted by atomic mass is 16.5. The van der Waals surface area contributed by atoms with Gasteiger partial charge in [0.15, 0.2) is 0 Å². The van der Waals surface area contributed by atoms with E-state index in [1.807, 2.05) is 0 Å². The Morgan fingerprint density at radius 3 is 2.84 bits per heavy atom. The van der Waals surface area contributed by atoms with E-state index in [-0.39, 0.29) is 0 Å². The summed E-state index contributed by atoms with van der Waals surface area (Å²) in [5, 5.41) is 3.35. The van der Waals surface area contributed by atoms with Crippen molar-refractivity contribution in [2.24, 2.45) is 0 Å². The summed E-state index contributed by atoms with van der Waals surface area (Å²) in [6.07, 6.45) is 6.90. The van der Waals surface area contributed by atoms with Gasteiger partial charge in [-0.05, 0) is 52.2 Å². The fourth-order valence-electron chi connectivity index (χ4n) is 3.14. The van der Waals surface area contributed by atoms with Crippen molar-refractivity contribution in [3.63, 3.8) is 0 Å². The van der Waals surface area contributed by atoms with Gasteiger partial charge in [0.2, 0.25) is 0 Å². The van der Waals surface area contributed by atoms with E-state index >= 15 is 0 Å². The third-order valence-electron chi connectivity index (χ3n) is 4.39. The highest BCUT2D eigenvalue weighted by Gasteiger charge is 2.25. The molecule has 2 aliphatic rings. The number of nitrogens with zero attached hydrogens (tertiary/aromatic N) is 1. The molecule has 0 aliphatic carbocycles. The average molecular weight is 270 g/mol. The van der Waals surface area contributed by atoms with Crippen LogP contribution in [0.25, 0.3) is 0 Å². The van der Waals surface area contributed by atoms with Crippen LogP contribution < -0.4 is 5.32 Å². The molecule has 4 heteroatoms. The van der Waals surface area contributed by atoms with E-state index in [1.165, 1.54) is 32.2 Å². The van der Waals surface area contributed by atoms with E-state index in [4.69, 9.17) is 9.47 Å². The Labute approximate surface area is 117 Å². The Morgan fingerprint density at radius 1 is 1.26 bits per heavy atom. The van der Waals surface area contributed by atoms with E-state index in [0.717, 1.165) is 38.8 Å². The molecule has 2 fully saturated rings. The van der Waals surface area contributed by atoms with Gasteiger partial charge in [0.05, 0.1) is 18.8 Å². The lowest BCUT2D eigenvalue weighted by molar-refractivity contribution is -0.0169. The van der Waals surface area contributed by atoms with Crippen LogP contribution in [0.2, 0.25) is 0 Å². The number of ether oxygens (including phenoxy) is 2. The van der Waals surface area contributed by atoms with Crippen LogP contribution in [-0.2, 0) is 9.47 Å². The molecule has 3 unspecified atom stereocenters. The maximum Gasteiger partial charge on any atom is 0.0813 e. The first-order chi connectivity index (χ1) is 9.29. The molecular weight excluding hydrogens is 240 g/mol. The van der Waals surface area contributed by atoms with Crippen molar-refractivity contribution in [1.29, 1.82) is 0 Å². The van der Waals surface area contributed by atoms with Gasteiger partial charge in [-0.1, -0.05) is 6.92 Å². The smallest absolute Gasteiger partial charge is 0.0813 e. The van der Waals surface area contributed by atoms with Crippen LogP contribution in [0.4, 0.5) is 0 Å². The molecule has 112 valence electrons. The molecule has 1 N–H and O–H groups in total. The zero-order chi connectivity index (χ0) is 13.5. The lowest BCUT2D eigenvalue weighted by Crippen LogP contribution is -2.28. The minimum atomic E-state index is 0.324. The standard InChI is InChI=1S/C15H30N2O2/c1-3-16-11-14-6-7-15(19-14)12-18-10-8-13-5-4-9-17(13)2/h13-16H,3-12H2,1-2H3. The van der Waals surface area contributed by atoms with Crippen molar-refractivity contribution in [3.8, 4) is 0 Å². The van der Waals surface area contributed by atoms with E-state index in [9.17, 15) is 0 Å². The molecule has 0 spiro atoms. The highest BCUT2D eigenvalue weighted by molar-refractivity contribution is 4.77. The van der Waals surface area contributed by atoms with Gasteiger partial charge in [-0.3, -0.25) is 0 Å². The van der Waals surface area contributed by atoms with Gasteiger partial charge in [-0.2, -0.15) is 0 Å². The van der Waals surface area contributed by atoms with Crippen LogP contribution in [0.5, 0.6) is 0 Å². The SMILES string of the molecule is CCNCC1CCC(COCCC2CCCN2C)O1. The van der Waals surface area contributed by atoms with E-state index < -0.39 is 0 Å². The molecule has 0 radical (unpaired) electrons. The second-order valence-corrected chi connectivity index (χ2v) is 5.91. The minimum absolute atomic E-state index is 0.324. The van der Waals surface area contributed by atoms with Gasteiger partial charge in [0, 0.05) is 19.2 Å². The van der Waals surface area contributed by atoms with Gasteiger partial charge in [-0.25, -0.2) is 0 Å². The molecule has 2 heterocycles. The molecular formula is C15H30N2O2. The topological polar surface area (TPSA) is 33.7 Å². The Balaban J connectivity index is 1.50. The fraction of sp³-hybridized carbons (Fsp3) is 1.00. The van der Waals surface area contributed by atoms with Crippen LogP contribution in [0.15, 0.2) is 0 Å². The van der Waals surface area contributed by atoms with Crippen molar-refractivity contribution in [3.05, 3.63) is 0 Å². The second-order valence-electron chi connectivity index (χ2n) is 5.91. The fourth-order valence-corrected chi connectivity index (χ4v) is 3.14. The number of nitrogens with one attached hydrogen (secondary N) is 1. The van der Waals surface area contributed by atoms with Gasteiger partial charge in [-0.15, -0.1) is 0 Å². The van der Waals surface area contributed by atoms with Crippen LogP contribution in [-0.4, -0.2) is 63.0 Å². The lowest BCUT2D eigenvalue weighted by Gasteiger charge is -2.19. The molecule has 0 saturated carbocycles. The number of rotatable bonds is 8. The highest BCUT2D eigenvalue weighted by Crippen LogP contribution is 2.20. The van der Waals surface area contributed by atoms with Crippen molar-refractivity contribution < 1.29 is 9.47 Å². The average Bonchev–Trinajstić information content (AvgIpc) is 3.02.